The van der Waals surface area contributed by atoms with E-state index in [-0.39, 0.29) is 17.2 Å². The molecule has 28 heavy (non-hydrogen) atoms. The summed E-state index contributed by atoms with van der Waals surface area (Å²) in [6.45, 7) is 7.26. The predicted molar refractivity (Wildman–Crippen MR) is 112 cm³/mol. The lowest BCUT2D eigenvalue weighted by Crippen LogP contribution is -2.30. The van der Waals surface area contributed by atoms with Crippen molar-refractivity contribution in [2.45, 2.75) is 45.7 Å². The average molecular weight is 382 g/mol. The molecular formula is C21H26N4O3. The van der Waals surface area contributed by atoms with Crippen LogP contribution in [-0.4, -0.2) is 29.5 Å². The van der Waals surface area contributed by atoms with E-state index in [0.717, 1.165) is 25.1 Å². The Morgan fingerprint density at radius 1 is 1.21 bits per heavy atom. The third-order valence-electron chi connectivity index (χ3n) is 4.81. The Morgan fingerprint density at radius 2 is 1.89 bits per heavy atom. The van der Waals surface area contributed by atoms with Crippen molar-refractivity contribution in [1.29, 1.82) is 0 Å². The minimum atomic E-state index is -0.457. The molecule has 0 atom stereocenters. The molecular weight excluding hydrogens is 356 g/mol. The van der Waals surface area contributed by atoms with E-state index < -0.39 is 4.92 Å². The van der Waals surface area contributed by atoms with E-state index in [2.05, 4.69) is 36.3 Å². The number of anilines is 3. The Labute approximate surface area is 164 Å². The van der Waals surface area contributed by atoms with Crippen LogP contribution in [0.3, 0.4) is 0 Å². The van der Waals surface area contributed by atoms with E-state index in [9.17, 15) is 14.9 Å². The summed E-state index contributed by atoms with van der Waals surface area (Å²) in [6, 6.07) is 12.8. The third-order valence-corrected chi connectivity index (χ3v) is 4.81. The number of nitro groups is 1. The van der Waals surface area contributed by atoms with Crippen LogP contribution in [0, 0.1) is 10.1 Å². The number of nitro benzene ring substituents is 1. The van der Waals surface area contributed by atoms with Gasteiger partial charge in [0.1, 0.15) is 5.69 Å². The summed E-state index contributed by atoms with van der Waals surface area (Å²) in [5.41, 5.74) is 2.37. The molecule has 0 unspecified atom stereocenters. The SMILES string of the molecule is CCN(c1ccc(NC(=O)c2ccc(NC3CC3)c([N+](=O)[O-])c2)cc1)C(C)C. The van der Waals surface area contributed by atoms with Gasteiger partial charge in [-0.1, -0.05) is 0 Å². The van der Waals surface area contributed by atoms with Crippen molar-refractivity contribution >= 4 is 28.7 Å². The summed E-state index contributed by atoms with van der Waals surface area (Å²) in [5.74, 6) is -0.370. The molecule has 148 valence electrons. The summed E-state index contributed by atoms with van der Waals surface area (Å²) in [7, 11) is 0. The second kappa shape index (κ2) is 8.29. The van der Waals surface area contributed by atoms with Gasteiger partial charge in [0.15, 0.2) is 0 Å². The Balaban J connectivity index is 1.73. The minimum Gasteiger partial charge on any atom is -0.377 e. The van der Waals surface area contributed by atoms with Crippen LogP contribution in [0.1, 0.15) is 44.0 Å². The van der Waals surface area contributed by atoms with Crippen LogP contribution in [0.15, 0.2) is 42.5 Å². The summed E-state index contributed by atoms with van der Waals surface area (Å²) >= 11 is 0. The van der Waals surface area contributed by atoms with Gasteiger partial charge >= 0.3 is 0 Å². The van der Waals surface area contributed by atoms with Gasteiger partial charge in [-0.2, -0.15) is 0 Å². The monoisotopic (exact) mass is 382 g/mol. The molecule has 0 saturated heterocycles. The van der Waals surface area contributed by atoms with E-state index in [4.69, 9.17) is 0 Å². The molecule has 1 aliphatic carbocycles. The summed E-state index contributed by atoms with van der Waals surface area (Å²) in [5, 5.41) is 17.3. The maximum Gasteiger partial charge on any atom is 0.293 e. The highest BCUT2D eigenvalue weighted by molar-refractivity contribution is 6.05. The first-order valence-electron chi connectivity index (χ1n) is 9.62. The topological polar surface area (TPSA) is 87.5 Å². The molecule has 3 rings (SSSR count). The zero-order valence-electron chi connectivity index (χ0n) is 16.4. The molecule has 0 radical (unpaired) electrons. The van der Waals surface area contributed by atoms with Gasteiger partial charge in [-0.15, -0.1) is 0 Å². The van der Waals surface area contributed by atoms with Gasteiger partial charge < -0.3 is 15.5 Å². The number of amides is 1. The predicted octanol–water partition coefficient (Wildman–Crippen LogP) is 4.66. The lowest BCUT2D eigenvalue weighted by Gasteiger charge is -2.27. The van der Waals surface area contributed by atoms with Crippen LogP contribution in [0.4, 0.5) is 22.7 Å². The number of benzene rings is 2. The van der Waals surface area contributed by atoms with E-state index in [1.807, 2.05) is 24.3 Å². The molecule has 1 amide bonds. The Bertz CT molecular complexity index is 860. The molecule has 0 aromatic heterocycles. The molecule has 0 heterocycles. The molecule has 0 spiro atoms. The van der Waals surface area contributed by atoms with Gasteiger partial charge in [0.2, 0.25) is 0 Å². The number of hydrogen-bond donors (Lipinski definition) is 2. The fourth-order valence-electron chi connectivity index (χ4n) is 3.18. The third kappa shape index (κ3) is 4.60. The van der Waals surface area contributed by atoms with Crippen molar-refractivity contribution in [3.63, 3.8) is 0 Å². The molecule has 2 N–H and O–H groups in total. The van der Waals surface area contributed by atoms with Crippen molar-refractivity contribution in [3.05, 3.63) is 58.1 Å². The maximum atomic E-state index is 12.6. The number of nitrogens with one attached hydrogen (secondary N) is 2. The van der Waals surface area contributed by atoms with Crippen LogP contribution in [-0.2, 0) is 0 Å². The van der Waals surface area contributed by atoms with Gasteiger partial charge in [-0.25, -0.2) is 0 Å². The Hall–Kier alpha value is -3.09. The maximum absolute atomic E-state index is 12.6. The molecule has 0 bridgehead atoms. The minimum absolute atomic E-state index is 0.0783. The Kier molecular flexibility index (Phi) is 5.82. The zero-order chi connectivity index (χ0) is 20.3. The van der Waals surface area contributed by atoms with Crippen molar-refractivity contribution in [2.75, 3.05) is 22.1 Å². The molecule has 1 fully saturated rings. The van der Waals surface area contributed by atoms with Gasteiger partial charge in [0.05, 0.1) is 4.92 Å². The van der Waals surface area contributed by atoms with E-state index in [1.165, 1.54) is 6.07 Å². The molecule has 2 aromatic rings. The lowest BCUT2D eigenvalue weighted by molar-refractivity contribution is -0.384. The average Bonchev–Trinajstić information content (AvgIpc) is 3.47. The van der Waals surface area contributed by atoms with Crippen molar-refractivity contribution in [3.8, 4) is 0 Å². The first-order chi connectivity index (χ1) is 13.4. The molecule has 7 nitrogen and oxygen atoms in total. The van der Waals surface area contributed by atoms with Crippen LogP contribution in [0.2, 0.25) is 0 Å². The smallest absolute Gasteiger partial charge is 0.293 e. The summed E-state index contributed by atoms with van der Waals surface area (Å²) in [4.78, 5) is 25.7. The van der Waals surface area contributed by atoms with Crippen molar-refractivity contribution in [1.82, 2.24) is 0 Å². The fourth-order valence-corrected chi connectivity index (χ4v) is 3.18. The van der Waals surface area contributed by atoms with E-state index in [1.54, 1.807) is 12.1 Å². The number of carbonyl (C=O) groups is 1. The van der Waals surface area contributed by atoms with E-state index in [0.29, 0.717) is 23.5 Å². The summed E-state index contributed by atoms with van der Waals surface area (Å²) in [6.07, 6.45) is 2.03. The van der Waals surface area contributed by atoms with Gasteiger partial charge in [0.25, 0.3) is 11.6 Å². The zero-order valence-corrected chi connectivity index (χ0v) is 16.4. The largest absolute Gasteiger partial charge is 0.377 e. The number of rotatable bonds is 8. The molecule has 1 saturated carbocycles. The highest BCUT2D eigenvalue weighted by Crippen LogP contribution is 2.31. The van der Waals surface area contributed by atoms with Crippen molar-refractivity contribution in [2.24, 2.45) is 0 Å². The normalized spacial score (nSPS) is 13.3. The van der Waals surface area contributed by atoms with Crippen LogP contribution < -0.4 is 15.5 Å². The molecule has 2 aromatic carbocycles. The van der Waals surface area contributed by atoms with Crippen LogP contribution >= 0.6 is 0 Å². The number of hydrogen-bond acceptors (Lipinski definition) is 5. The van der Waals surface area contributed by atoms with E-state index >= 15 is 0 Å². The standard InChI is InChI=1S/C21H26N4O3/c1-4-24(14(2)3)18-10-8-17(9-11-18)23-21(26)15-5-12-19(22-16-6-7-16)20(13-15)25(27)28/h5,8-14,16,22H,4,6-7H2,1-3H3,(H,23,26). The number of carbonyl (C=O) groups excluding carboxylic acids is 1. The molecule has 7 heteroatoms. The van der Waals surface area contributed by atoms with Gasteiger partial charge in [-0.05, 0) is 70.0 Å². The second-order valence-electron chi connectivity index (χ2n) is 7.29. The molecule has 1 aliphatic rings. The van der Waals surface area contributed by atoms with Crippen LogP contribution in [0.5, 0.6) is 0 Å². The first kappa shape index (κ1) is 19.7. The summed E-state index contributed by atoms with van der Waals surface area (Å²) < 4.78 is 0. The van der Waals surface area contributed by atoms with Crippen LogP contribution in [0.25, 0.3) is 0 Å². The Morgan fingerprint density at radius 3 is 2.43 bits per heavy atom. The van der Waals surface area contributed by atoms with Gasteiger partial charge in [-0.3, -0.25) is 14.9 Å². The number of nitrogens with zero attached hydrogens (tertiary/aromatic N) is 2. The van der Waals surface area contributed by atoms with Crippen molar-refractivity contribution < 1.29 is 9.72 Å². The fraction of sp³-hybridized carbons (Fsp3) is 0.381. The lowest BCUT2D eigenvalue weighted by atomic mass is 10.1. The highest BCUT2D eigenvalue weighted by atomic mass is 16.6. The second-order valence-corrected chi connectivity index (χ2v) is 7.29. The molecule has 0 aliphatic heterocycles. The quantitative estimate of drug-likeness (QED) is 0.512. The first-order valence-corrected chi connectivity index (χ1v) is 9.62. The van der Waals surface area contributed by atoms with Gasteiger partial charge in [0, 0.05) is 41.6 Å². The highest BCUT2D eigenvalue weighted by Gasteiger charge is 2.25.